The zero-order valence-corrected chi connectivity index (χ0v) is 24.0. The van der Waals surface area contributed by atoms with Crippen molar-refractivity contribution in [2.45, 2.75) is 64.1 Å². The molecule has 7 rings (SSSR count). The molecule has 0 saturated heterocycles. The van der Waals surface area contributed by atoms with Crippen molar-refractivity contribution in [3.63, 3.8) is 0 Å². The molecule has 3 aromatic heterocycles. The molecule has 1 aromatic carbocycles. The van der Waals surface area contributed by atoms with Gasteiger partial charge in [0.1, 0.15) is 29.1 Å². The van der Waals surface area contributed by atoms with E-state index in [1.54, 1.807) is 9.47 Å². The number of nitrogens with zero attached hydrogens (tertiary/aromatic N) is 8. The van der Waals surface area contributed by atoms with Crippen molar-refractivity contribution in [2.75, 3.05) is 23.5 Å². The number of fused-ring (bicyclic) bond motifs is 4. The normalized spacial score (nSPS) is 16.5. The van der Waals surface area contributed by atoms with Gasteiger partial charge in [-0.3, -0.25) is 4.79 Å². The topological polar surface area (TPSA) is 102 Å². The molecule has 5 heterocycles. The highest BCUT2D eigenvalue weighted by Gasteiger charge is 2.38. The van der Waals surface area contributed by atoms with E-state index in [0.29, 0.717) is 29.3 Å². The number of aromatic nitrogens is 6. The number of carbonyl (C=O) groups excluding carboxylic acids is 1. The van der Waals surface area contributed by atoms with Gasteiger partial charge in [-0.1, -0.05) is 18.2 Å². The number of methoxy groups -OCH3 is 1. The lowest BCUT2D eigenvalue weighted by molar-refractivity contribution is -0.120. The van der Waals surface area contributed by atoms with Gasteiger partial charge in [0, 0.05) is 37.7 Å². The fraction of sp³-hybridized carbons (Fsp3) is 0.400. The predicted octanol–water partition coefficient (Wildman–Crippen LogP) is 5.32. The van der Waals surface area contributed by atoms with Gasteiger partial charge in [-0.05, 0) is 36.8 Å². The van der Waals surface area contributed by atoms with Crippen molar-refractivity contribution in [3.8, 4) is 28.7 Å². The molecule has 3 aliphatic rings. The number of rotatable bonds is 7. The van der Waals surface area contributed by atoms with Crippen LogP contribution in [0.1, 0.15) is 54.6 Å². The van der Waals surface area contributed by atoms with Crippen LogP contribution in [0.4, 0.5) is 29.1 Å². The minimum atomic E-state index is -3.08. The van der Waals surface area contributed by atoms with Crippen LogP contribution in [0.15, 0.2) is 36.9 Å². The summed E-state index contributed by atoms with van der Waals surface area (Å²) < 4.78 is 63.5. The Labute approximate surface area is 249 Å². The zero-order valence-electron chi connectivity index (χ0n) is 24.0. The third kappa shape index (κ3) is 4.91. The molecule has 0 atom stereocenters. The van der Waals surface area contributed by atoms with Gasteiger partial charge in [0.25, 0.3) is 11.8 Å². The summed E-state index contributed by atoms with van der Waals surface area (Å²) in [6.45, 7) is -1.85. The number of hydrogen-bond donors (Lipinski definition) is 0. The van der Waals surface area contributed by atoms with Crippen LogP contribution < -0.4 is 14.5 Å². The van der Waals surface area contributed by atoms with E-state index in [1.165, 1.54) is 25.8 Å². The molecule has 0 radical (unpaired) electrons. The smallest absolute Gasteiger partial charge is 0.321 e. The van der Waals surface area contributed by atoms with E-state index in [1.807, 2.05) is 18.2 Å². The maximum Gasteiger partial charge on any atom is 0.321 e. The molecule has 14 heteroatoms. The van der Waals surface area contributed by atoms with Crippen LogP contribution in [0.2, 0.25) is 0 Å². The second-order valence-electron chi connectivity index (χ2n) is 11.3. The van der Waals surface area contributed by atoms with Crippen molar-refractivity contribution in [1.29, 1.82) is 0 Å². The van der Waals surface area contributed by atoms with Crippen LogP contribution in [0.25, 0.3) is 22.8 Å². The maximum absolute atomic E-state index is 14.1. The highest BCUT2D eigenvalue weighted by Crippen LogP contribution is 2.46. The third-order valence-electron chi connectivity index (χ3n) is 8.18. The molecular formula is C30H28F4N8O2. The van der Waals surface area contributed by atoms with Gasteiger partial charge in [0.05, 0.1) is 25.5 Å². The number of halogens is 4. The Balaban J connectivity index is 1.27. The second kappa shape index (κ2) is 10.5. The first-order valence-electron chi connectivity index (χ1n) is 14.3. The lowest BCUT2D eigenvalue weighted by atomic mass is 10.00. The molecule has 0 N–H and O–H groups in total. The van der Waals surface area contributed by atoms with E-state index in [2.05, 4.69) is 19.9 Å². The minimum Gasteiger partial charge on any atom is -0.480 e. The highest BCUT2D eigenvalue weighted by atomic mass is 19.3. The third-order valence-corrected chi connectivity index (χ3v) is 8.18. The molecule has 0 bridgehead atoms. The summed E-state index contributed by atoms with van der Waals surface area (Å²) in [5.41, 5.74) is 3.33. The van der Waals surface area contributed by atoms with Crippen LogP contribution in [0.3, 0.4) is 0 Å². The number of carbonyl (C=O) groups is 1. The lowest BCUT2D eigenvalue weighted by Gasteiger charge is -2.35. The van der Waals surface area contributed by atoms with Gasteiger partial charge in [-0.2, -0.15) is 17.6 Å². The van der Waals surface area contributed by atoms with Crippen LogP contribution in [0.5, 0.6) is 5.88 Å². The Morgan fingerprint density at radius 2 is 1.95 bits per heavy atom. The lowest BCUT2D eigenvalue weighted by Crippen LogP contribution is -2.48. The number of anilines is 2. The van der Waals surface area contributed by atoms with Crippen molar-refractivity contribution >= 4 is 17.4 Å². The SMILES string of the molecule is COc1ncnc(C2CC2)c1-c1ncc2c(n1)N(Cc1ccc3c(c1)CCCn1cc(C(C)(F)F)nc1-3)CC(=O)N2C(F)F. The first-order valence-corrected chi connectivity index (χ1v) is 14.3. The second-order valence-corrected chi connectivity index (χ2v) is 11.3. The summed E-state index contributed by atoms with van der Waals surface area (Å²) >= 11 is 0. The Hall–Kier alpha value is -4.62. The minimum absolute atomic E-state index is 0.103. The largest absolute Gasteiger partial charge is 0.480 e. The predicted molar refractivity (Wildman–Crippen MR) is 152 cm³/mol. The van der Waals surface area contributed by atoms with E-state index in [0.717, 1.165) is 48.6 Å². The number of aryl methyl sites for hydroxylation is 2. The number of amides is 1. The van der Waals surface area contributed by atoms with Gasteiger partial charge in [0.15, 0.2) is 11.6 Å². The maximum atomic E-state index is 14.1. The van der Waals surface area contributed by atoms with Gasteiger partial charge < -0.3 is 14.2 Å². The van der Waals surface area contributed by atoms with Crippen LogP contribution in [-0.4, -0.2) is 55.6 Å². The van der Waals surface area contributed by atoms with Crippen LogP contribution >= 0.6 is 0 Å². The Morgan fingerprint density at radius 3 is 2.68 bits per heavy atom. The number of benzene rings is 1. The molecule has 4 aromatic rings. The van der Waals surface area contributed by atoms with Crippen LogP contribution in [-0.2, 0) is 30.2 Å². The molecule has 1 amide bonds. The fourth-order valence-corrected chi connectivity index (χ4v) is 5.94. The fourth-order valence-electron chi connectivity index (χ4n) is 5.94. The van der Waals surface area contributed by atoms with Crippen molar-refractivity contribution in [1.82, 2.24) is 29.5 Å². The van der Waals surface area contributed by atoms with E-state index < -0.39 is 18.4 Å². The first kappa shape index (κ1) is 28.2. The van der Waals surface area contributed by atoms with E-state index >= 15 is 0 Å². The van der Waals surface area contributed by atoms with Gasteiger partial charge in [0.2, 0.25) is 5.88 Å². The average Bonchev–Trinajstić information content (AvgIpc) is 3.77. The molecule has 0 spiro atoms. The molecule has 1 fully saturated rings. The number of hydrogen-bond acceptors (Lipinski definition) is 8. The number of alkyl halides is 4. The molecule has 1 saturated carbocycles. The average molecular weight is 609 g/mol. The van der Waals surface area contributed by atoms with E-state index in [9.17, 15) is 22.4 Å². The van der Waals surface area contributed by atoms with E-state index in [-0.39, 0.29) is 47.9 Å². The molecule has 1 aliphatic carbocycles. The van der Waals surface area contributed by atoms with Gasteiger partial charge in [-0.25, -0.2) is 29.8 Å². The number of imidazole rings is 1. The van der Waals surface area contributed by atoms with Crippen LogP contribution in [0, 0.1) is 0 Å². The highest BCUT2D eigenvalue weighted by molar-refractivity contribution is 6.02. The summed E-state index contributed by atoms with van der Waals surface area (Å²) in [7, 11) is 1.48. The van der Waals surface area contributed by atoms with Gasteiger partial charge in [-0.15, -0.1) is 0 Å². The Bertz CT molecular complexity index is 1770. The Kier molecular flexibility index (Phi) is 6.74. The quantitative estimate of drug-likeness (QED) is 0.205. The first-order chi connectivity index (χ1) is 21.1. The summed E-state index contributed by atoms with van der Waals surface area (Å²) in [4.78, 5) is 37.0. The molecule has 0 unspecified atom stereocenters. The standard InChI is InChI=1S/C30H28F4N8O2/c1-30(33,34)21-13-40-9-3-4-18-10-16(5-8-19(18)26(40)38-21)12-41-14-22(43)42(29(31)32)20-11-35-25(39-27(20)41)23-24(17-6-7-17)36-15-37-28(23)44-2/h5,8,10-11,13,15,17,29H,3-4,6-7,9,12,14H2,1-2H3. The van der Waals surface area contributed by atoms with Gasteiger partial charge >= 0.3 is 6.55 Å². The zero-order chi connectivity index (χ0) is 30.7. The summed E-state index contributed by atoms with van der Waals surface area (Å²) in [5, 5.41) is 0. The Morgan fingerprint density at radius 1 is 1.14 bits per heavy atom. The molecule has 2 aliphatic heterocycles. The summed E-state index contributed by atoms with van der Waals surface area (Å²) in [5.74, 6) is -2.50. The molecular weight excluding hydrogens is 580 g/mol. The monoisotopic (exact) mass is 608 g/mol. The van der Waals surface area contributed by atoms with Crippen molar-refractivity contribution < 1.29 is 27.1 Å². The van der Waals surface area contributed by atoms with Crippen molar-refractivity contribution in [2.24, 2.45) is 0 Å². The number of ether oxygens (including phenoxy) is 1. The molecule has 10 nitrogen and oxygen atoms in total. The summed E-state index contributed by atoms with van der Waals surface area (Å²) in [6, 6.07) is 5.62. The molecule has 44 heavy (non-hydrogen) atoms. The van der Waals surface area contributed by atoms with Crippen molar-refractivity contribution in [3.05, 3.63) is 59.4 Å². The van der Waals surface area contributed by atoms with E-state index in [4.69, 9.17) is 9.72 Å². The summed E-state index contributed by atoms with van der Waals surface area (Å²) in [6.07, 6.45) is 7.36. The molecule has 228 valence electrons.